The van der Waals surface area contributed by atoms with Gasteiger partial charge in [0.25, 0.3) is 5.91 Å². The van der Waals surface area contributed by atoms with E-state index in [1.165, 1.54) is 13.3 Å². The number of ether oxygens (including phenoxy) is 1. The van der Waals surface area contributed by atoms with Crippen LogP contribution in [0.1, 0.15) is 63.1 Å². The molecule has 6 nitrogen and oxygen atoms in total. The highest BCUT2D eigenvalue weighted by atomic mass is 16.5. The number of benzene rings is 1. The summed E-state index contributed by atoms with van der Waals surface area (Å²) in [7, 11) is 0. The summed E-state index contributed by atoms with van der Waals surface area (Å²) in [6.45, 7) is 5.22. The van der Waals surface area contributed by atoms with Gasteiger partial charge in [-0.2, -0.15) is 0 Å². The van der Waals surface area contributed by atoms with Crippen LogP contribution in [0.5, 0.6) is 0 Å². The van der Waals surface area contributed by atoms with E-state index < -0.39 is 12.0 Å². The van der Waals surface area contributed by atoms with Gasteiger partial charge in [-0.15, -0.1) is 0 Å². The molecule has 27 heavy (non-hydrogen) atoms. The smallest absolute Gasteiger partial charge is 0.308 e. The standard InChI is InChI=1S/C21H30N2O4/c1-14-8-10-17(11-9-14)19(22-16(3)24)12-21(26)27-13-20(25)23-18-7-5-4-6-15(18)2/h8-11,15,18-19H,4-7,12-13H2,1-3H3,(H,22,24)(H,23,25). The summed E-state index contributed by atoms with van der Waals surface area (Å²) in [6, 6.07) is 7.28. The molecule has 1 aliphatic carbocycles. The molecule has 0 saturated heterocycles. The third-order valence-electron chi connectivity index (χ3n) is 5.05. The Bertz CT molecular complexity index is 657. The van der Waals surface area contributed by atoms with Gasteiger partial charge in [-0.25, -0.2) is 0 Å². The monoisotopic (exact) mass is 374 g/mol. The van der Waals surface area contributed by atoms with Crippen LogP contribution >= 0.6 is 0 Å². The van der Waals surface area contributed by atoms with Gasteiger partial charge in [0.15, 0.2) is 6.61 Å². The Hall–Kier alpha value is -2.37. The molecule has 2 rings (SSSR count). The van der Waals surface area contributed by atoms with Gasteiger partial charge in [0.2, 0.25) is 5.91 Å². The van der Waals surface area contributed by atoms with Crippen molar-refractivity contribution in [2.45, 2.75) is 65.0 Å². The van der Waals surface area contributed by atoms with E-state index >= 15 is 0 Å². The molecule has 1 aromatic rings. The van der Waals surface area contributed by atoms with Crippen molar-refractivity contribution in [2.75, 3.05) is 6.61 Å². The van der Waals surface area contributed by atoms with Gasteiger partial charge in [0, 0.05) is 13.0 Å². The SMILES string of the molecule is CC(=O)NC(CC(=O)OCC(=O)NC1CCCCC1C)c1ccc(C)cc1. The number of aryl methyl sites for hydroxylation is 1. The van der Waals surface area contributed by atoms with Crippen molar-refractivity contribution in [3.8, 4) is 0 Å². The molecule has 148 valence electrons. The summed E-state index contributed by atoms with van der Waals surface area (Å²) in [5.41, 5.74) is 1.92. The van der Waals surface area contributed by atoms with E-state index in [1.54, 1.807) is 0 Å². The Morgan fingerprint density at radius 3 is 2.44 bits per heavy atom. The van der Waals surface area contributed by atoms with Crippen LogP contribution in [0.4, 0.5) is 0 Å². The number of carbonyl (C=O) groups excluding carboxylic acids is 3. The summed E-state index contributed by atoms with van der Waals surface area (Å²) < 4.78 is 5.14. The first-order valence-corrected chi connectivity index (χ1v) is 9.64. The van der Waals surface area contributed by atoms with Crippen LogP contribution in [0.15, 0.2) is 24.3 Å². The van der Waals surface area contributed by atoms with Gasteiger partial charge in [-0.05, 0) is 31.2 Å². The third-order valence-corrected chi connectivity index (χ3v) is 5.05. The minimum absolute atomic E-state index is 0.0181. The second-order valence-electron chi connectivity index (χ2n) is 7.46. The quantitative estimate of drug-likeness (QED) is 0.719. The van der Waals surface area contributed by atoms with E-state index in [2.05, 4.69) is 17.6 Å². The summed E-state index contributed by atoms with van der Waals surface area (Å²) >= 11 is 0. The maximum absolute atomic E-state index is 12.2. The van der Waals surface area contributed by atoms with Crippen LogP contribution in [0.3, 0.4) is 0 Å². The molecule has 0 aromatic heterocycles. The molecule has 0 bridgehead atoms. The van der Waals surface area contributed by atoms with Crippen molar-refractivity contribution in [3.63, 3.8) is 0 Å². The second-order valence-corrected chi connectivity index (χ2v) is 7.46. The molecule has 0 aliphatic heterocycles. The number of rotatable bonds is 7. The van der Waals surface area contributed by atoms with Crippen molar-refractivity contribution in [1.82, 2.24) is 10.6 Å². The first-order valence-electron chi connectivity index (χ1n) is 9.64. The molecule has 1 aliphatic rings. The molecule has 0 heterocycles. The topological polar surface area (TPSA) is 84.5 Å². The van der Waals surface area contributed by atoms with Gasteiger partial charge in [-0.1, -0.05) is 49.6 Å². The van der Waals surface area contributed by atoms with Gasteiger partial charge in [-0.3, -0.25) is 14.4 Å². The van der Waals surface area contributed by atoms with E-state index in [0.29, 0.717) is 5.92 Å². The Labute approximate surface area is 161 Å². The van der Waals surface area contributed by atoms with Gasteiger partial charge in [0.05, 0.1) is 12.5 Å². The Kier molecular flexibility index (Phi) is 7.82. The maximum Gasteiger partial charge on any atom is 0.308 e. The molecule has 2 N–H and O–H groups in total. The summed E-state index contributed by atoms with van der Waals surface area (Å²) in [6.07, 6.45) is 4.38. The van der Waals surface area contributed by atoms with Crippen LogP contribution in [0.2, 0.25) is 0 Å². The van der Waals surface area contributed by atoms with Crippen LogP contribution in [-0.4, -0.2) is 30.4 Å². The predicted octanol–water partition coefficient (Wildman–Crippen LogP) is 2.80. The average Bonchev–Trinajstić information content (AvgIpc) is 2.62. The minimum Gasteiger partial charge on any atom is -0.456 e. The van der Waals surface area contributed by atoms with E-state index in [-0.39, 0.29) is 30.9 Å². The average molecular weight is 374 g/mol. The van der Waals surface area contributed by atoms with E-state index in [0.717, 1.165) is 30.4 Å². The zero-order chi connectivity index (χ0) is 19.8. The van der Waals surface area contributed by atoms with Gasteiger partial charge >= 0.3 is 5.97 Å². The highest BCUT2D eigenvalue weighted by molar-refractivity contribution is 5.81. The molecule has 1 aromatic carbocycles. The highest BCUT2D eigenvalue weighted by Crippen LogP contribution is 2.23. The van der Waals surface area contributed by atoms with Crippen molar-refractivity contribution >= 4 is 17.8 Å². The summed E-state index contributed by atoms with van der Waals surface area (Å²) in [5, 5.41) is 5.73. The van der Waals surface area contributed by atoms with E-state index in [9.17, 15) is 14.4 Å². The van der Waals surface area contributed by atoms with Crippen molar-refractivity contribution in [2.24, 2.45) is 5.92 Å². The molecular formula is C21H30N2O4. The van der Waals surface area contributed by atoms with Crippen LogP contribution < -0.4 is 10.6 Å². The summed E-state index contributed by atoms with van der Waals surface area (Å²) in [5.74, 6) is -0.559. The molecular weight excluding hydrogens is 344 g/mol. The molecule has 0 radical (unpaired) electrons. The molecule has 1 fully saturated rings. The Balaban J connectivity index is 1.84. The van der Waals surface area contributed by atoms with Crippen LogP contribution in [0, 0.1) is 12.8 Å². The van der Waals surface area contributed by atoms with Crippen molar-refractivity contribution < 1.29 is 19.1 Å². The molecule has 3 unspecified atom stereocenters. The number of carbonyl (C=O) groups is 3. The normalized spacial score (nSPS) is 20.4. The number of hydrogen-bond acceptors (Lipinski definition) is 4. The zero-order valence-corrected chi connectivity index (χ0v) is 16.4. The molecule has 0 spiro atoms. The number of nitrogens with one attached hydrogen (secondary N) is 2. The molecule has 6 heteroatoms. The van der Waals surface area contributed by atoms with Crippen LogP contribution in [-0.2, 0) is 19.1 Å². The zero-order valence-electron chi connectivity index (χ0n) is 16.4. The number of hydrogen-bond donors (Lipinski definition) is 2. The molecule has 2 amide bonds. The largest absolute Gasteiger partial charge is 0.456 e. The van der Waals surface area contributed by atoms with Gasteiger partial charge in [0.1, 0.15) is 0 Å². The van der Waals surface area contributed by atoms with Gasteiger partial charge < -0.3 is 15.4 Å². The Morgan fingerprint density at radius 2 is 1.81 bits per heavy atom. The number of esters is 1. The molecule has 3 atom stereocenters. The molecule has 1 saturated carbocycles. The predicted molar refractivity (Wildman–Crippen MR) is 103 cm³/mol. The minimum atomic E-state index is -0.513. The third kappa shape index (κ3) is 7.04. The highest BCUT2D eigenvalue weighted by Gasteiger charge is 2.24. The van der Waals surface area contributed by atoms with Crippen molar-refractivity contribution in [1.29, 1.82) is 0 Å². The Morgan fingerprint density at radius 1 is 1.15 bits per heavy atom. The maximum atomic E-state index is 12.2. The second kappa shape index (κ2) is 10.1. The lowest BCUT2D eigenvalue weighted by atomic mass is 9.86. The number of amides is 2. The van der Waals surface area contributed by atoms with E-state index in [4.69, 9.17) is 4.74 Å². The fraction of sp³-hybridized carbons (Fsp3) is 0.571. The lowest BCUT2D eigenvalue weighted by molar-refractivity contribution is -0.149. The van der Waals surface area contributed by atoms with Crippen LogP contribution in [0.25, 0.3) is 0 Å². The lowest BCUT2D eigenvalue weighted by Gasteiger charge is -2.29. The van der Waals surface area contributed by atoms with Crippen molar-refractivity contribution in [3.05, 3.63) is 35.4 Å². The van der Waals surface area contributed by atoms with E-state index in [1.807, 2.05) is 31.2 Å². The fourth-order valence-corrected chi connectivity index (χ4v) is 3.45. The fourth-order valence-electron chi connectivity index (χ4n) is 3.45. The first kappa shape index (κ1) is 20.9. The lowest BCUT2D eigenvalue weighted by Crippen LogP contribution is -2.43. The summed E-state index contributed by atoms with van der Waals surface area (Å²) in [4.78, 5) is 35.7. The first-order chi connectivity index (χ1) is 12.8.